The van der Waals surface area contributed by atoms with Crippen LogP contribution in [0.25, 0.3) is 5.57 Å². The molecule has 0 bridgehead atoms. The van der Waals surface area contributed by atoms with Gasteiger partial charge < -0.3 is 9.84 Å². The third-order valence-electron chi connectivity index (χ3n) is 4.58. The molecule has 1 N–H and O–H groups in total. The van der Waals surface area contributed by atoms with Crippen LogP contribution in [0.15, 0.2) is 88.2 Å². The summed E-state index contributed by atoms with van der Waals surface area (Å²) in [7, 11) is 0. The first-order valence-electron chi connectivity index (χ1n) is 9.90. The van der Waals surface area contributed by atoms with Gasteiger partial charge in [0.2, 0.25) is 0 Å². The van der Waals surface area contributed by atoms with Gasteiger partial charge in [0.25, 0.3) is 0 Å². The van der Waals surface area contributed by atoms with Gasteiger partial charge in [0.05, 0.1) is 10.9 Å². The molecule has 0 aliphatic carbocycles. The fourth-order valence-corrected chi connectivity index (χ4v) is 4.66. The number of aliphatic carboxylic acids is 1. The van der Waals surface area contributed by atoms with E-state index in [1.54, 1.807) is 30.3 Å². The van der Waals surface area contributed by atoms with Crippen molar-refractivity contribution < 1.29 is 27.8 Å². The normalized spacial score (nSPS) is 11.9. The van der Waals surface area contributed by atoms with E-state index in [4.69, 9.17) is 9.84 Å². The second-order valence-electron chi connectivity index (χ2n) is 7.02. The average Bonchev–Trinajstić information content (AvgIpc) is 2.76. The summed E-state index contributed by atoms with van der Waals surface area (Å²) in [6, 6.07) is 21.2. The second-order valence-corrected chi connectivity index (χ2v) is 8.97. The first-order valence-corrected chi connectivity index (χ1v) is 11.7. The van der Waals surface area contributed by atoms with Gasteiger partial charge in [-0.05, 0) is 56.4 Å². The molecule has 0 saturated carbocycles. The van der Waals surface area contributed by atoms with Crippen LogP contribution in [0.2, 0.25) is 0 Å². The molecule has 3 nitrogen and oxygen atoms in total. The Morgan fingerprint density at radius 3 is 2.39 bits per heavy atom. The molecule has 0 unspecified atom stereocenters. The molecule has 8 heteroatoms. The number of rotatable bonds is 9. The molecule has 33 heavy (non-hydrogen) atoms. The van der Waals surface area contributed by atoms with Crippen molar-refractivity contribution >= 4 is 39.2 Å². The molecule has 0 spiro atoms. The molecule has 172 valence electrons. The monoisotopic (exact) mass is 536 g/mol. The maximum absolute atomic E-state index is 13.2. The highest BCUT2D eigenvalue weighted by molar-refractivity contribution is 9.10. The lowest BCUT2D eigenvalue weighted by atomic mass is 9.92. The number of benzene rings is 3. The molecule has 0 atom stereocenters. The minimum Gasteiger partial charge on any atom is -0.481 e. The highest BCUT2D eigenvalue weighted by atomic mass is 79.9. The van der Waals surface area contributed by atoms with Crippen LogP contribution >= 0.6 is 27.7 Å². The van der Waals surface area contributed by atoms with Gasteiger partial charge in [-0.1, -0.05) is 60.7 Å². The summed E-state index contributed by atoms with van der Waals surface area (Å²) >= 11 is 4.88. The predicted octanol–water partition coefficient (Wildman–Crippen LogP) is 7.24. The molecule has 3 rings (SSSR count). The van der Waals surface area contributed by atoms with E-state index in [1.165, 1.54) is 17.8 Å². The quantitative estimate of drug-likeness (QED) is 0.293. The average molecular weight is 537 g/mol. The smallest absolute Gasteiger partial charge is 0.393 e. The van der Waals surface area contributed by atoms with E-state index >= 15 is 0 Å². The van der Waals surface area contributed by atoms with Gasteiger partial charge in [0.1, 0.15) is 5.75 Å². The molecule has 0 aromatic heterocycles. The standard InChI is InChI=1S/C25H20BrF3O3S/c26-22-14-19(10-11-23(22)32-16-24(30)31)33-13-12-21(17-6-2-1-3-7-17)20-9-5-4-8-18(20)15-25(27,28)29/h1-12,14H,13,15-16H2,(H,30,31). The zero-order chi connectivity index (χ0) is 23.8. The Morgan fingerprint density at radius 2 is 1.73 bits per heavy atom. The minimum absolute atomic E-state index is 0.229. The van der Waals surface area contributed by atoms with Crippen LogP contribution in [-0.2, 0) is 11.2 Å². The molecule has 0 heterocycles. The molecule has 0 saturated heterocycles. The van der Waals surface area contributed by atoms with E-state index in [-0.39, 0.29) is 5.56 Å². The summed E-state index contributed by atoms with van der Waals surface area (Å²) in [5.74, 6) is -0.125. The maximum Gasteiger partial charge on any atom is 0.393 e. The van der Waals surface area contributed by atoms with E-state index < -0.39 is 25.2 Å². The summed E-state index contributed by atoms with van der Waals surface area (Å²) in [5, 5.41) is 8.74. The first kappa shape index (κ1) is 24.9. The van der Waals surface area contributed by atoms with Crippen LogP contribution in [0.5, 0.6) is 5.75 Å². The van der Waals surface area contributed by atoms with Gasteiger partial charge >= 0.3 is 12.1 Å². The lowest BCUT2D eigenvalue weighted by Gasteiger charge is -2.15. The van der Waals surface area contributed by atoms with E-state index in [1.807, 2.05) is 42.5 Å². The molecule has 0 aliphatic heterocycles. The van der Waals surface area contributed by atoms with Crippen molar-refractivity contribution in [1.82, 2.24) is 0 Å². The van der Waals surface area contributed by atoms with Crippen molar-refractivity contribution in [2.45, 2.75) is 17.5 Å². The number of carboxylic acids is 1. The third-order valence-corrected chi connectivity index (χ3v) is 6.12. The number of thioether (sulfide) groups is 1. The Balaban J connectivity index is 1.85. The van der Waals surface area contributed by atoms with Gasteiger partial charge in [-0.15, -0.1) is 11.8 Å². The molecule has 0 radical (unpaired) electrons. The van der Waals surface area contributed by atoms with Gasteiger partial charge in [-0.2, -0.15) is 13.2 Å². The molecule has 0 aliphatic rings. The van der Waals surface area contributed by atoms with Crippen molar-refractivity contribution in [2.75, 3.05) is 12.4 Å². The van der Waals surface area contributed by atoms with Crippen LogP contribution in [-0.4, -0.2) is 29.6 Å². The summed E-state index contributed by atoms with van der Waals surface area (Å²) < 4.78 is 45.3. The molecule has 3 aromatic rings. The Hall–Kier alpha value is -2.71. The van der Waals surface area contributed by atoms with Crippen LogP contribution in [0.3, 0.4) is 0 Å². The van der Waals surface area contributed by atoms with Crippen molar-refractivity contribution in [1.29, 1.82) is 0 Å². The SMILES string of the molecule is O=C(O)COc1ccc(SCC=C(c2ccccc2)c2ccccc2CC(F)(F)F)cc1Br. The van der Waals surface area contributed by atoms with Gasteiger partial charge in [0.15, 0.2) is 6.61 Å². The Kier molecular flexibility index (Phi) is 8.63. The summed E-state index contributed by atoms with van der Waals surface area (Å²) in [4.78, 5) is 11.6. The van der Waals surface area contributed by atoms with Crippen LogP contribution in [0, 0.1) is 0 Å². The number of alkyl halides is 3. The second kappa shape index (κ2) is 11.4. The van der Waals surface area contributed by atoms with E-state index in [2.05, 4.69) is 15.9 Å². The number of carboxylic acid groups (broad SMARTS) is 1. The van der Waals surface area contributed by atoms with Gasteiger partial charge in [0, 0.05) is 10.6 Å². The van der Waals surface area contributed by atoms with E-state index in [0.717, 1.165) is 16.0 Å². The summed E-state index contributed by atoms with van der Waals surface area (Å²) in [6.45, 7) is -0.439. The topological polar surface area (TPSA) is 46.5 Å². The highest BCUT2D eigenvalue weighted by Crippen LogP contribution is 2.33. The molecular weight excluding hydrogens is 517 g/mol. The van der Waals surface area contributed by atoms with Crippen LogP contribution in [0.4, 0.5) is 13.2 Å². The zero-order valence-corrected chi connectivity index (χ0v) is 19.7. The molecular formula is C25H20BrF3O3S. The lowest BCUT2D eigenvalue weighted by Crippen LogP contribution is -2.13. The van der Waals surface area contributed by atoms with Crippen molar-refractivity contribution in [3.8, 4) is 5.75 Å². The van der Waals surface area contributed by atoms with Crippen LogP contribution in [0.1, 0.15) is 16.7 Å². The van der Waals surface area contributed by atoms with Crippen LogP contribution < -0.4 is 4.74 Å². The molecule has 0 fully saturated rings. The minimum atomic E-state index is -4.30. The van der Waals surface area contributed by atoms with Gasteiger partial charge in [-0.25, -0.2) is 4.79 Å². The predicted molar refractivity (Wildman–Crippen MR) is 128 cm³/mol. The van der Waals surface area contributed by atoms with E-state index in [0.29, 0.717) is 21.5 Å². The molecule has 0 amide bonds. The van der Waals surface area contributed by atoms with Crippen molar-refractivity contribution in [3.63, 3.8) is 0 Å². The Morgan fingerprint density at radius 1 is 1.03 bits per heavy atom. The van der Waals surface area contributed by atoms with E-state index in [9.17, 15) is 18.0 Å². The Bertz CT molecular complexity index is 1130. The summed E-state index contributed by atoms with van der Waals surface area (Å²) in [6.07, 6.45) is -3.37. The fourth-order valence-electron chi connectivity index (χ4n) is 3.20. The lowest BCUT2D eigenvalue weighted by molar-refractivity contribution is -0.139. The Labute approximate surface area is 202 Å². The number of halogens is 4. The number of ether oxygens (including phenoxy) is 1. The highest BCUT2D eigenvalue weighted by Gasteiger charge is 2.29. The van der Waals surface area contributed by atoms with Gasteiger partial charge in [-0.3, -0.25) is 0 Å². The summed E-state index contributed by atoms with van der Waals surface area (Å²) in [5.41, 5.74) is 2.36. The van der Waals surface area contributed by atoms with Crippen molar-refractivity contribution in [2.24, 2.45) is 0 Å². The zero-order valence-electron chi connectivity index (χ0n) is 17.3. The molecule has 3 aromatic carbocycles. The number of hydrogen-bond acceptors (Lipinski definition) is 3. The first-order chi connectivity index (χ1) is 15.7. The maximum atomic E-state index is 13.2. The number of hydrogen-bond donors (Lipinski definition) is 1. The fraction of sp³-hybridized carbons (Fsp3) is 0.160. The number of carbonyl (C=O) groups is 1. The van der Waals surface area contributed by atoms with Crippen molar-refractivity contribution in [3.05, 3.63) is 100 Å². The third kappa shape index (κ3) is 7.68. The largest absolute Gasteiger partial charge is 0.481 e.